The van der Waals surface area contributed by atoms with Gasteiger partial charge in [0.25, 0.3) is 0 Å². The number of amides is 1. The minimum atomic E-state index is -0.309. The highest BCUT2D eigenvalue weighted by molar-refractivity contribution is 5.80. The lowest BCUT2D eigenvalue weighted by Gasteiger charge is -2.17. The highest BCUT2D eigenvalue weighted by atomic mass is 16.5. The molecule has 0 spiro atoms. The highest BCUT2D eigenvalue weighted by Gasteiger charge is 2.14. The van der Waals surface area contributed by atoms with Gasteiger partial charge in [-0.25, -0.2) is 0 Å². The first-order chi connectivity index (χ1) is 10.1. The van der Waals surface area contributed by atoms with Gasteiger partial charge in [0, 0.05) is 6.04 Å². The summed E-state index contributed by atoms with van der Waals surface area (Å²) < 4.78 is 4.59. The molecule has 1 amide bonds. The Hall–Kier alpha value is -1.84. The number of esters is 1. The fourth-order valence-corrected chi connectivity index (χ4v) is 2.79. The summed E-state index contributed by atoms with van der Waals surface area (Å²) in [6.45, 7) is 1.81. The number of carbonyl (C=O) groups is 2. The zero-order valence-corrected chi connectivity index (χ0v) is 12.8. The number of fused-ring (bicyclic) bond motifs is 1. The van der Waals surface area contributed by atoms with Crippen LogP contribution in [-0.4, -0.2) is 25.0 Å². The molecule has 0 fully saturated rings. The number of methoxy groups -OCH3 is 1. The van der Waals surface area contributed by atoms with Gasteiger partial charge in [-0.15, -0.1) is 0 Å². The summed E-state index contributed by atoms with van der Waals surface area (Å²) >= 11 is 0. The Kier molecular flexibility index (Phi) is 5.37. The third-order valence-electron chi connectivity index (χ3n) is 3.89. The van der Waals surface area contributed by atoms with Crippen LogP contribution >= 0.6 is 0 Å². The van der Waals surface area contributed by atoms with Gasteiger partial charge in [-0.05, 0) is 49.3 Å². The van der Waals surface area contributed by atoms with Gasteiger partial charge in [0.1, 0.15) is 0 Å². The van der Waals surface area contributed by atoms with E-state index in [1.807, 2.05) is 13.0 Å². The molecule has 0 saturated carbocycles. The molecule has 0 radical (unpaired) electrons. The molecule has 114 valence electrons. The largest absolute Gasteiger partial charge is 0.469 e. The molecule has 1 unspecified atom stereocenters. The average Bonchev–Trinajstić information content (AvgIpc) is 2.46. The van der Waals surface area contributed by atoms with E-state index in [0.717, 1.165) is 18.4 Å². The van der Waals surface area contributed by atoms with Crippen LogP contribution in [0.4, 0.5) is 0 Å². The zero-order chi connectivity index (χ0) is 15.2. The van der Waals surface area contributed by atoms with Crippen molar-refractivity contribution in [2.45, 2.75) is 51.5 Å². The summed E-state index contributed by atoms with van der Waals surface area (Å²) in [5.74, 6) is -0.362. The Labute approximate surface area is 125 Å². The first-order valence-electron chi connectivity index (χ1n) is 7.55. The van der Waals surface area contributed by atoms with Gasteiger partial charge in [0.05, 0.1) is 20.0 Å². The summed E-state index contributed by atoms with van der Waals surface area (Å²) in [5.41, 5.74) is 3.84. The Morgan fingerprint density at radius 2 is 1.95 bits per heavy atom. The molecule has 0 bridgehead atoms. The molecule has 1 N–H and O–H groups in total. The molecule has 2 rings (SSSR count). The van der Waals surface area contributed by atoms with Crippen LogP contribution in [0.1, 0.15) is 42.9 Å². The molecule has 1 aromatic rings. The van der Waals surface area contributed by atoms with Crippen LogP contribution in [-0.2, 0) is 33.6 Å². The Morgan fingerprint density at radius 1 is 1.24 bits per heavy atom. The number of benzene rings is 1. The van der Waals surface area contributed by atoms with Crippen molar-refractivity contribution in [1.29, 1.82) is 0 Å². The quantitative estimate of drug-likeness (QED) is 0.845. The maximum absolute atomic E-state index is 12.0. The van der Waals surface area contributed by atoms with Gasteiger partial charge in [-0.3, -0.25) is 9.59 Å². The van der Waals surface area contributed by atoms with Crippen LogP contribution in [0.15, 0.2) is 18.2 Å². The molecule has 21 heavy (non-hydrogen) atoms. The molecule has 1 aliphatic rings. The zero-order valence-electron chi connectivity index (χ0n) is 12.8. The van der Waals surface area contributed by atoms with Crippen molar-refractivity contribution in [3.8, 4) is 0 Å². The number of rotatable bonds is 5. The number of hydrogen-bond donors (Lipinski definition) is 1. The van der Waals surface area contributed by atoms with Crippen molar-refractivity contribution in [1.82, 2.24) is 5.32 Å². The van der Waals surface area contributed by atoms with Crippen LogP contribution in [0.3, 0.4) is 0 Å². The van der Waals surface area contributed by atoms with Crippen molar-refractivity contribution in [3.05, 3.63) is 34.9 Å². The van der Waals surface area contributed by atoms with E-state index in [-0.39, 0.29) is 24.3 Å². The summed E-state index contributed by atoms with van der Waals surface area (Å²) in [5, 5.41) is 2.83. The molecular formula is C17H23NO3. The monoisotopic (exact) mass is 289 g/mol. The summed E-state index contributed by atoms with van der Waals surface area (Å²) in [6.07, 6.45) is 5.32. The van der Waals surface area contributed by atoms with E-state index >= 15 is 0 Å². The van der Waals surface area contributed by atoms with Gasteiger partial charge in [-0.2, -0.15) is 0 Å². The Balaban J connectivity index is 1.89. The van der Waals surface area contributed by atoms with Crippen molar-refractivity contribution in [3.63, 3.8) is 0 Å². The van der Waals surface area contributed by atoms with Crippen LogP contribution in [0, 0.1) is 0 Å². The van der Waals surface area contributed by atoms with Crippen LogP contribution in [0.25, 0.3) is 0 Å². The first-order valence-corrected chi connectivity index (χ1v) is 7.55. The second-order valence-corrected chi connectivity index (χ2v) is 5.74. The molecular weight excluding hydrogens is 266 g/mol. The fourth-order valence-electron chi connectivity index (χ4n) is 2.79. The van der Waals surface area contributed by atoms with E-state index in [1.165, 1.54) is 31.1 Å². The van der Waals surface area contributed by atoms with Crippen LogP contribution in [0.5, 0.6) is 0 Å². The molecule has 0 heterocycles. The molecule has 0 aromatic heterocycles. The van der Waals surface area contributed by atoms with Crippen molar-refractivity contribution in [2.24, 2.45) is 0 Å². The van der Waals surface area contributed by atoms with Crippen molar-refractivity contribution >= 4 is 11.9 Å². The number of ether oxygens (including phenoxy) is 1. The van der Waals surface area contributed by atoms with Crippen LogP contribution < -0.4 is 5.32 Å². The maximum Gasteiger partial charge on any atom is 0.307 e. The van der Waals surface area contributed by atoms with Gasteiger partial charge < -0.3 is 10.1 Å². The third kappa shape index (κ3) is 4.59. The second-order valence-electron chi connectivity index (χ2n) is 5.74. The van der Waals surface area contributed by atoms with Gasteiger partial charge in [0.2, 0.25) is 5.91 Å². The standard InChI is InChI=1S/C17H23NO3/c1-12(9-17(20)21-2)18-16(19)11-13-7-8-14-5-3-4-6-15(14)10-13/h7-8,10,12H,3-6,9,11H2,1-2H3,(H,18,19). The molecule has 1 atom stereocenters. The lowest BCUT2D eigenvalue weighted by Crippen LogP contribution is -2.35. The highest BCUT2D eigenvalue weighted by Crippen LogP contribution is 2.22. The summed E-state index contributed by atoms with van der Waals surface area (Å²) in [6, 6.07) is 6.13. The minimum absolute atomic E-state index is 0.0536. The lowest BCUT2D eigenvalue weighted by atomic mass is 9.90. The summed E-state index contributed by atoms with van der Waals surface area (Å²) in [7, 11) is 1.35. The van der Waals surface area contributed by atoms with E-state index in [1.54, 1.807) is 0 Å². The smallest absolute Gasteiger partial charge is 0.307 e. The van der Waals surface area contributed by atoms with Gasteiger partial charge in [-0.1, -0.05) is 18.2 Å². The first kappa shape index (κ1) is 15.5. The number of carbonyl (C=O) groups excluding carboxylic acids is 2. The van der Waals surface area contributed by atoms with Gasteiger partial charge >= 0.3 is 5.97 Å². The Morgan fingerprint density at radius 3 is 2.67 bits per heavy atom. The van der Waals surface area contributed by atoms with Crippen LogP contribution in [0.2, 0.25) is 0 Å². The van der Waals surface area contributed by atoms with Crippen molar-refractivity contribution < 1.29 is 14.3 Å². The minimum Gasteiger partial charge on any atom is -0.469 e. The predicted octanol–water partition coefficient (Wildman–Crippen LogP) is 2.18. The predicted molar refractivity (Wildman–Crippen MR) is 81.0 cm³/mol. The number of nitrogens with one attached hydrogen (secondary N) is 1. The molecule has 0 aliphatic heterocycles. The molecule has 1 aromatic carbocycles. The Bertz CT molecular complexity index is 525. The number of hydrogen-bond acceptors (Lipinski definition) is 3. The maximum atomic E-state index is 12.0. The fraction of sp³-hybridized carbons (Fsp3) is 0.529. The molecule has 0 saturated heterocycles. The number of aryl methyl sites for hydroxylation is 2. The average molecular weight is 289 g/mol. The lowest BCUT2D eigenvalue weighted by molar-refractivity contribution is -0.141. The summed E-state index contributed by atoms with van der Waals surface area (Å²) in [4.78, 5) is 23.1. The SMILES string of the molecule is COC(=O)CC(C)NC(=O)Cc1ccc2c(c1)CCCC2. The van der Waals surface area contributed by atoms with E-state index in [4.69, 9.17) is 0 Å². The third-order valence-corrected chi connectivity index (χ3v) is 3.89. The van der Waals surface area contributed by atoms with Gasteiger partial charge in [0.15, 0.2) is 0 Å². The van der Waals surface area contributed by atoms with E-state index in [9.17, 15) is 9.59 Å². The molecule has 1 aliphatic carbocycles. The van der Waals surface area contributed by atoms with E-state index in [0.29, 0.717) is 6.42 Å². The van der Waals surface area contributed by atoms with Crippen molar-refractivity contribution in [2.75, 3.05) is 7.11 Å². The second kappa shape index (κ2) is 7.25. The van der Waals surface area contributed by atoms with E-state index < -0.39 is 0 Å². The van der Waals surface area contributed by atoms with E-state index in [2.05, 4.69) is 22.2 Å². The normalized spacial score (nSPS) is 15.0. The molecule has 4 heteroatoms. The molecule has 4 nitrogen and oxygen atoms in total. The topological polar surface area (TPSA) is 55.4 Å².